The zero-order valence-electron chi connectivity index (χ0n) is 11.5. The molecule has 0 radical (unpaired) electrons. The van der Waals surface area contributed by atoms with Crippen molar-refractivity contribution in [1.29, 1.82) is 0 Å². The molecule has 114 valence electrons. The summed E-state index contributed by atoms with van der Waals surface area (Å²) in [6.07, 6.45) is 3.16. The van der Waals surface area contributed by atoms with Crippen LogP contribution in [0.4, 0.5) is 0 Å². The van der Waals surface area contributed by atoms with Crippen molar-refractivity contribution in [3.63, 3.8) is 0 Å². The molecule has 1 atom stereocenters. The maximum absolute atomic E-state index is 8.80. The third-order valence-corrected chi connectivity index (χ3v) is 2.20. The largest absolute Gasteiger partial charge is 0.494 e. The predicted molar refractivity (Wildman–Crippen MR) is 70.5 cm³/mol. The van der Waals surface area contributed by atoms with Crippen molar-refractivity contribution in [2.75, 3.05) is 28.3 Å². The summed E-state index contributed by atoms with van der Waals surface area (Å²) in [5.41, 5.74) is 10.1. The van der Waals surface area contributed by atoms with E-state index in [4.69, 9.17) is 32.5 Å². The molecule has 1 unspecified atom stereocenters. The Bertz CT molecular complexity index is 537. The van der Waals surface area contributed by atoms with E-state index in [1.54, 1.807) is 20.3 Å². The van der Waals surface area contributed by atoms with Gasteiger partial charge in [0.1, 0.15) is 5.76 Å². The van der Waals surface area contributed by atoms with Crippen molar-refractivity contribution in [3.05, 3.63) is 29.1 Å². The van der Waals surface area contributed by atoms with Crippen LogP contribution in [0.3, 0.4) is 0 Å². The predicted octanol–water partition coefficient (Wildman–Crippen LogP) is 0.00880. The molecule has 0 aromatic carbocycles. The van der Waals surface area contributed by atoms with Gasteiger partial charge in [0.15, 0.2) is 6.10 Å². The summed E-state index contributed by atoms with van der Waals surface area (Å²) in [4.78, 5) is 5.08. The van der Waals surface area contributed by atoms with Crippen LogP contribution >= 0.6 is 0 Å². The summed E-state index contributed by atoms with van der Waals surface area (Å²) in [5, 5.41) is 0. The molecule has 20 heavy (non-hydrogen) atoms. The van der Waals surface area contributed by atoms with Crippen LogP contribution in [-0.2, 0) is 19.9 Å². The summed E-state index contributed by atoms with van der Waals surface area (Å²) in [6.45, 7) is 0. The maximum atomic E-state index is 8.80. The van der Waals surface area contributed by atoms with Crippen LogP contribution in [0.5, 0.6) is 0 Å². The SMILES string of the molecule is COC1=CC(=[N+]=[N-])C(OC)C=C1N(C)C.O=S(=O)(O)O. The lowest BCUT2D eigenvalue weighted by Crippen LogP contribution is -2.28. The first-order valence-electron chi connectivity index (χ1n) is 5.23. The first-order chi connectivity index (χ1) is 9.13. The number of nitrogens with zero attached hydrogens (tertiary/aromatic N) is 3. The Kier molecular flexibility index (Phi) is 7.11. The fraction of sp³-hybridized carbons (Fsp3) is 0.500. The topological polar surface area (TPSA) is 133 Å². The third-order valence-electron chi connectivity index (χ3n) is 2.20. The number of likely N-dealkylation sites (N-methyl/N-ethyl adjacent to an activating group) is 1. The third kappa shape index (κ3) is 6.45. The Morgan fingerprint density at radius 3 is 2.15 bits per heavy atom. The van der Waals surface area contributed by atoms with Crippen molar-refractivity contribution >= 4 is 16.1 Å². The molecule has 0 heterocycles. The maximum Gasteiger partial charge on any atom is 0.394 e. The number of rotatable bonds is 3. The minimum Gasteiger partial charge on any atom is -0.494 e. The molecule has 0 amide bonds. The van der Waals surface area contributed by atoms with E-state index in [2.05, 4.69) is 4.79 Å². The van der Waals surface area contributed by atoms with Crippen molar-refractivity contribution in [2.24, 2.45) is 0 Å². The zero-order valence-corrected chi connectivity index (χ0v) is 12.3. The van der Waals surface area contributed by atoms with Gasteiger partial charge >= 0.3 is 16.1 Å². The molecular weight excluding hydrogens is 290 g/mol. The van der Waals surface area contributed by atoms with E-state index < -0.39 is 10.4 Å². The molecule has 10 heteroatoms. The highest BCUT2D eigenvalue weighted by Gasteiger charge is 2.28. The van der Waals surface area contributed by atoms with Gasteiger partial charge < -0.3 is 19.9 Å². The molecule has 0 aromatic rings. The smallest absolute Gasteiger partial charge is 0.394 e. The van der Waals surface area contributed by atoms with Gasteiger partial charge in [-0.05, 0) is 6.08 Å². The quantitative estimate of drug-likeness (QED) is 0.426. The van der Waals surface area contributed by atoms with Gasteiger partial charge in [0, 0.05) is 21.2 Å². The first-order valence-corrected chi connectivity index (χ1v) is 6.63. The van der Waals surface area contributed by atoms with Gasteiger partial charge in [0.25, 0.3) is 0 Å². The van der Waals surface area contributed by atoms with E-state index in [0.29, 0.717) is 11.5 Å². The highest BCUT2D eigenvalue weighted by molar-refractivity contribution is 7.79. The lowest BCUT2D eigenvalue weighted by Gasteiger charge is -2.23. The van der Waals surface area contributed by atoms with Crippen LogP contribution in [0.2, 0.25) is 0 Å². The second-order valence-electron chi connectivity index (χ2n) is 3.79. The standard InChI is InChI=1S/C10H15N3O2.H2O4S/c1-13(2)8-6-9(14-3)7(12-11)5-10(8)15-4;1-5(2,3)4/h5-6,9H,1-4H3;(H2,1,2,3,4). The van der Waals surface area contributed by atoms with E-state index >= 15 is 0 Å². The minimum atomic E-state index is -4.67. The minimum absolute atomic E-state index is 0.341. The molecule has 0 saturated carbocycles. The average Bonchev–Trinajstić information content (AvgIpc) is 2.34. The first kappa shape index (κ1) is 18.3. The van der Waals surface area contributed by atoms with Crippen LogP contribution in [0.25, 0.3) is 5.53 Å². The normalized spacial score (nSPS) is 18.1. The van der Waals surface area contributed by atoms with E-state index in [1.807, 2.05) is 25.1 Å². The van der Waals surface area contributed by atoms with Gasteiger partial charge in [-0.3, -0.25) is 9.11 Å². The van der Waals surface area contributed by atoms with Gasteiger partial charge in [0.05, 0.1) is 18.9 Å². The molecule has 9 nitrogen and oxygen atoms in total. The molecule has 0 spiro atoms. The van der Waals surface area contributed by atoms with Crippen LogP contribution in [0.1, 0.15) is 0 Å². The summed E-state index contributed by atoms with van der Waals surface area (Å²) in [6, 6.07) is 0. The molecule has 1 rings (SSSR count). The Morgan fingerprint density at radius 1 is 1.35 bits per heavy atom. The lowest BCUT2D eigenvalue weighted by molar-refractivity contribution is -0.0191. The fourth-order valence-electron chi connectivity index (χ4n) is 1.41. The van der Waals surface area contributed by atoms with Crippen LogP contribution in [-0.4, -0.2) is 67.3 Å². The van der Waals surface area contributed by atoms with Crippen molar-refractivity contribution in [1.82, 2.24) is 4.90 Å². The summed E-state index contributed by atoms with van der Waals surface area (Å²) >= 11 is 0. The van der Waals surface area contributed by atoms with E-state index in [-0.39, 0.29) is 6.10 Å². The fourth-order valence-corrected chi connectivity index (χ4v) is 1.41. The number of hydrogen-bond acceptors (Lipinski definition) is 5. The van der Waals surface area contributed by atoms with Gasteiger partial charge in [0.2, 0.25) is 0 Å². The van der Waals surface area contributed by atoms with E-state index in [0.717, 1.165) is 5.70 Å². The zero-order chi connectivity index (χ0) is 15.9. The molecule has 1 aliphatic carbocycles. The number of ether oxygens (including phenoxy) is 2. The molecule has 0 fully saturated rings. The van der Waals surface area contributed by atoms with Gasteiger partial charge in [-0.1, -0.05) is 0 Å². The van der Waals surface area contributed by atoms with Gasteiger partial charge in [-0.2, -0.15) is 13.2 Å². The van der Waals surface area contributed by atoms with Crippen molar-refractivity contribution < 1.29 is 31.8 Å². The summed E-state index contributed by atoms with van der Waals surface area (Å²) in [7, 11) is 2.29. The molecule has 0 bridgehead atoms. The molecule has 0 saturated heterocycles. The highest BCUT2D eigenvalue weighted by Crippen LogP contribution is 2.20. The highest BCUT2D eigenvalue weighted by atomic mass is 32.3. The average molecular weight is 307 g/mol. The Morgan fingerprint density at radius 2 is 1.85 bits per heavy atom. The molecule has 0 aromatic heterocycles. The van der Waals surface area contributed by atoms with Crippen LogP contribution < -0.4 is 0 Å². The van der Waals surface area contributed by atoms with E-state index in [9.17, 15) is 0 Å². The Balaban J connectivity index is 0.000000621. The van der Waals surface area contributed by atoms with Gasteiger partial charge in [-0.25, -0.2) is 0 Å². The molecular formula is C10H17N3O6S. The summed E-state index contributed by atoms with van der Waals surface area (Å²) < 4.78 is 42.0. The summed E-state index contributed by atoms with van der Waals surface area (Å²) in [5.74, 6) is 0.654. The van der Waals surface area contributed by atoms with Gasteiger partial charge in [-0.15, -0.1) is 0 Å². The Hall–Kier alpha value is -1.71. The van der Waals surface area contributed by atoms with Crippen molar-refractivity contribution in [3.8, 4) is 0 Å². The number of hydrogen-bond donors (Lipinski definition) is 2. The second kappa shape index (κ2) is 7.78. The monoisotopic (exact) mass is 307 g/mol. The van der Waals surface area contributed by atoms with Crippen LogP contribution in [0.15, 0.2) is 23.6 Å². The second-order valence-corrected chi connectivity index (χ2v) is 4.68. The van der Waals surface area contributed by atoms with Crippen molar-refractivity contribution in [2.45, 2.75) is 6.10 Å². The Labute approximate surface area is 117 Å². The molecule has 1 aliphatic rings. The number of methoxy groups -OCH3 is 2. The molecule has 0 aliphatic heterocycles. The van der Waals surface area contributed by atoms with Crippen LogP contribution in [0, 0.1) is 0 Å². The lowest BCUT2D eigenvalue weighted by atomic mass is 10.1. The van der Waals surface area contributed by atoms with E-state index in [1.165, 1.54) is 0 Å². The molecule has 2 N–H and O–H groups in total.